The summed E-state index contributed by atoms with van der Waals surface area (Å²) in [4.78, 5) is 16.1. The van der Waals surface area contributed by atoms with Gasteiger partial charge in [-0.15, -0.1) is 10.2 Å². The number of nitrogens with one attached hydrogen (secondary N) is 1. The summed E-state index contributed by atoms with van der Waals surface area (Å²) in [6, 6.07) is 3.73. The van der Waals surface area contributed by atoms with Crippen LogP contribution in [0.15, 0.2) is 22.9 Å². The molecule has 8 nitrogen and oxygen atoms in total. The number of nitrogens with zero attached hydrogens (tertiary/aromatic N) is 5. The first-order valence-electron chi connectivity index (χ1n) is 7.69. The highest BCUT2D eigenvalue weighted by Gasteiger charge is 2.29. The van der Waals surface area contributed by atoms with Gasteiger partial charge >= 0.3 is 0 Å². The van der Waals surface area contributed by atoms with Gasteiger partial charge in [0.1, 0.15) is 0 Å². The fraction of sp³-hybridized carbons (Fsp3) is 0.400. The molecule has 23 heavy (non-hydrogen) atoms. The molecule has 1 fully saturated rings. The summed E-state index contributed by atoms with van der Waals surface area (Å²) in [5.41, 5.74) is 1.36. The molecular formula is C15H16N6O2. The predicted molar refractivity (Wildman–Crippen MR) is 80.2 cm³/mol. The molecule has 0 saturated heterocycles. The molecule has 1 saturated carbocycles. The van der Waals surface area contributed by atoms with Crippen molar-refractivity contribution in [2.75, 3.05) is 0 Å². The van der Waals surface area contributed by atoms with E-state index in [0.717, 1.165) is 18.4 Å². The summed E-state index contributed by atoms with van der Waals surface area (Å²) >= 11 is 0. The lowest BCUT2D eigenvalue weighted by atomic mass is 10.2. The molecule has 8 heteroatoms. The van der Waals surface area contributed by atoms with Crippen LogP contribution in [-0.4, -0.2) is 30.6 Å². The average molecular weight is 312 g/mol. The van der Waals surface area contributed by atoms with E-state index in [0.29, 0.717) is 36.2 Å². The number of hydrogen-bond donors (Lipinski definition) is 1. The lowest BCUT2D eigenvalue weighted by Gasteiger charge is -2.03. The van der Waals surface area contributed by atoms with Crippen LogP contribution in [0.4, 0.5) is 0 Å². The van der Waals surface area contributed by atoms with Crippen LogP contribution < -0.4 is 5.32 Å². The number of carbonyl (C=O) groups excluding carboxylic acids is 1. The van der Waals surface area contributed by atoms with Gasteiger partial charge in [0.25, 0.3) is 5.89 Å². The molecule has 1 aliphatic carbocycles. The van der Waals surface area contributed by atoms with Crippen molar-refractivity contribution in [3.05, 3.63) is 30.0 Å². The Bertz CT molecular complexity index is 864. The highest BCUT2D eigenvalue weighted by molar-refractivity contribution is 5.80. The van der Waals surface area contributed by atoms with E-state index < -0.39 is 0 Å². The maximum absolute atomic E-state index is 11.8. The second kappa shape index (κ2) is 5.45. The van der Waals surface area contributed by atoms with E-state index in [2.05, 4.69) is 25.7 Å². The number of rotatable bonds is 5. The molecule has 1 amide bonds. The van der Waals surface area contributed by atoms with Gasteiger partial charge in [0, 0.05) is 18.5 Å². The Balaban J connectivity index is 1.64. The molecule has 0 unspecified atom stereocenters. The molecule has 4 rings (SSSR count). The highest BCUT2D eigenvalue weighted by Crippen LogP contribution is 2.28. The molecule has 0 atom stereocenters. The van der Waals surface area contributed by atoms with Crippen LogP contribution >= 0.6 is 0 Å². The second-order valence-electron chi connectivity index (χ2n) is 5.59. The van der Waals surface area contributed by atoms with Crippen molar-refractivity contribution in [1.29, 1.82) is 0 Å². The third kappa shape index (κ3) is 2.56. The summed E-state index contributed by atoms with van der Waals surface area (Å²) in [5.74, 6) is 2.01. The Morgan fingerprint density at radius 3 is 3.04 bits per heavy atom. The first kappa shape index (κ1) is 13.9. The topological polar surface area (TPSA) is 98.2 Å². The summed E-state index contributed by atoms with van der Waals surface area (Å²) in [6.07, 6.45) is 4.52. The van der Waals surface area contributed by atoms with Crippen LogP contribution in [0.1, 0.15) is 31.4 Å². The minimum atomic E-state index is 0.0855. The van der Waals surface area contributed by atoms with Gasteiger partial charge in [-0.25, -0.2) is 0 Å². The predicted octanol–water partition coefficient (Wildman–Crippen LogP) is 1.37. The van der Waals surface area contributed by atoms with Crippen molar-refractivity contribution in [1.82, 2.24) is 30.1 Å². The quantitative estimate of drug-likeness (QED) is 0.764. The van der Waals surface area contributed by atoms with Crippen LogP contribution in [-0.2, 0) is 17.8 Å². The Kier molecular flexibility index (Phi) is 3.29. The second-order valence-corrected chi connectivity index (χ2v) is 5.59. The average Bonchev–Trinajstić information content (AvgIpc) is 3.18. The van der Waals surface area contributed by atoms with E-state index in [-0.39, 0.29) is 11.8 Å². The normalized spacial score (nSPS) is 14.3. The van der Waals surface area contributed by atoms with Gasteiger partial charge in [-0.05, 0) is 25.0 Å². The molecule has 0 spiro atoms. The van der Waals surface area contributed by atoms with E-state index in [1.807, 2.05) is 29.7 Å². The smallest absolute Gasteiger partial charge is 0.261 e. The number of fused-ring (bicyclic) bond motifs is 1. The van der Waals surface area contributed by atoms with E-state index >= 15 is 0 Å². The van der Waals surface area contributed by atoms with Gasteiger partial charge in [-0.2, -0.15) is 4.98 Å². The van der Waals surface area contributed by atoms with Crippen LogP contribution in [0.3, 0.4) is 0 Å². The Morgan fingerprint density at radius 1 is 1.43 bits per heavy atom. The zero-order chi connectivity index (χ0) is 15.8. The molecule has 0 aromatic carbocycles. The Labute approximate surface area is 131 Å². The maximum Gasteiger partial charge on any atom is 0.261 e. The first-order chi connectivity index (χ1) is 11.3. The largest absolute Gasteiger partial charge is 0.349 e. The molecule has 0 radical (unpaired) electrons. The highest BCUT2D eigenvalue weighted by atomic mass is 16.5. The zero-order valence-corrected chi connectivity index (χ0v) is 12.7. The van der Waals surface area contributed by atoms with Crippen molar-refractivity contribution in [2.24, 2.45) is 5.92 Å². The first-order valence-corrected chi connectivity index (χ1v) is 7.69. The fourth-order valence-electron chi connectivity index (χ4n) is 2.41. The monoisotopic (exact) mass is 312 g/mol. The number of pyridine rings is 1. The van der Waals surface area contributed by atoms with Crippen molar-refractivity contribution >= 4 is 11.6 Å². The van der Waals surface area contributed by atoms with Crippen molar-refractivity contribution in [2.45, 2.75) is 32.7 Å². The molecule has 3 heterocycles. The van der Waals surface area contributed by atoms with E-state index in [1.165, 1.54) is 0 Å². The number of amides is 1. The zero-order valence-electron chi connectivity index (χ0n) is 12.7. The van der Waals surface area contributed by atoms with Gasteiger partial charge in [0.2, 0.25) is 5.91 Å². The van der Waals surface area contributed by atoms with Crippen molar-refractivity contribution < 1.29 is 9.32 Å². The minimum Gasteiger partial charge on any atom is -0.349 e. The third-order valence-corrected chi connectivity index (χ3v) is 3.89. The fourth-order valence-corrected chi connectivity index (χ4v) is 2.41. The SMILES string of the molecule is CCc1noc(-c2cccn3c(CNC(=O)C4CC4)nnc23)n1. The van der Waals surface area contributed by atoms with Crippen molar-refractivity contribution in [3.63, 3.8) is 0 Å². The number of carbonyl (C=O) groups is 1. The lowest BCUT2D eigenvalue weighted by Crippen LogP contribution is -2.25. The molecule has 0 bridgehead atoms. The van der Waals surface area contributed by atoms with Gasteiger partial charge in [0.05, 0.1) is 12.1 Å². The third-order valence-electron chi connectivity index (χ3n) is 3.89. The van der Waals surface area contributed by atoms with E-state index in [4.69, 9.17) is 4.52 Å². The standard InChI is InChI=1S/C15H16N6O2/c1-2-11-17-15(23-20-11)10-4-3-7-21-12(18-19-13(10)21)8-16-14(22)9-5-6-9/h3-4,7,9H,2,5-6,8H2,1H3,(H,16,22). The molecule has 3 aromatic rings. The van der Waals surface area contributed by atoms with Crippen LogP contribution in [0.25, 0.3) is 17.1 Å². The lowest BCUT2D eigenvalue weighted by molar-refractivity contribution is -0.122. The Hall–Kier alpha value is -2.77. The number of aromatic nitrogens is 5. The molecule has 1 N–H and O–H groups in total. The van der Waals surface area contributed by atoms with Gasteiger partial charge < -0.3 is 9.84 Å². The summed E-state index contributed by atoms with van der Waals surface area (Å²) < 4.78 is 7.12. The van der Waals surface area contributed by atoms with Gasteiger partial charge in [-0.1, -0.05) is 12.1 Å². The molecule has 1 aliphatic rings. The van der Waals surface area contributed by atoms with Crippen molar-refractivity contribution in [3.8, 4) is 11.5 Å². The molecular weight excluding hydrogens is 296 g/mol. The number of aryl methyl sites for hydroxylation is 1. The summed E-state index contributed by atoms with van der Waals surface area (Å²) in [6.45, 7) is 2.32. The minimum absolute atomic E-state index is 0.0855. The number of hydrogen-bond acceptors (Lipinski definition) is 6. The summed E-state index contributed by atoms with van der Waals surface area (Å²) in [5, 5.41) is 15.2. The van der Waals surface area contributed by atoms with E-state index in [1.54, 1.807) is 0 Å². The maximum atomic E-state index is 11.8. The Morgan fingerprint density at radius 2 is 2.30 bits per heavy atom. The van der Waals surface area contributed by atoms with Gasteiger partial charge in [0.15, 0.2) is 17.3 Å². The van der Waals surface area contributed by atoms with Crippen LogP contribution in [0.5, 0.6) is 0 Å². The molecule has 118 valence electrons. The molecule has 3 aromatic heterocycles. The van der Waals surface area contributed by atoms with Crippen LogP contribution in [0.2, 0.25) is 0 Å². The van der Waals surface area contributed by atoms with Crippen LogP contribution in [0, 0.1) is 5.92 Å². The van der Waals surface area contributed by atoms with Gasteiger partial charge in [-0.3, -0.25) is 9.20 Å². The summed E-state index contributed by atoms with van der Waals surface area (Å²) in [7, 11) is 0. The molecule has 0 aliphatic heterocycles. The van der Waals surface area contributed by atoms with E-state index in [9.17, 15) is 4.79 Å².